The molecule has 1 aliphatic heterocycles. The molecule has 5 heteroatoms. The van der Waals surface area contributed by atoms with E-state index in [1.807, 2.05) is 32.0 Å². The standard InChI is InChI=1S/C20H18N2O3/c1-12-4-5-13(2)16(10-12)11-18-20(24)25-19(22-18)15-6-8-17(9-7-15)21-14(3)23/h4-11H,1-3H3,(H,21,23)/b18-11-. The fourth-order valence-corrected chi connectivity index (χ4v) is 2.49. The highest BCUT2D eigenvalue weighted by Gasteiger charge is 2.24. The zero-order valence-electron chi connectivity index (χ0n) is 14.3. The first-order valence-electron chi connectivity index (χ1n) is 7.90. The number of esters is 1. The molecule has 5 nitrogen and oxygen atoms in total. The zero-order chi connectivity index (χ0) is 18.0. The summed E-state index contributed by atoms with van der Waals surface area (Å²) >= 11 is 0. The molecule has 2 aromatic carbocycles. The fourth-order valence-electron chi connectivity index (χ4n) is 2.49. The van der Waals surface area contributed by atoms with E-state index in [0.29, 0.717) is 11.3 Å². The molecule has 0 radical (unpaired) electrons. The SMILES string of the molecule is CC(=O)Nc1ccc(C2=N/C(=C\c3cc(C)ccc3C)C(=O)O2)cc1. The molecule has 0 atom stereocenters. The molecule has 1 amide bonds. The van der Waals surface area contributed by atoms with Gasteiger partial charge in [0.05, 0.1) is 0 Å². The molecule has 25 heavy (non-hydrogen) atoms. The highest BCUT2D eigenvalue weighted by molar-refractivity contribution is 6.13. The Morgan fingerprint density at radius 2 is 1.84 bits per heavy atom. The van der Waals surface area contributed by atoms with Gasteiger partial charge in [-0.15, -0.1) is 0 Å². The summed E-state index contributed by atoms with van der Waals surface area (Å²) in [6.45, 7) is 5.43. The lowest BCUT2D eigenvalue weighted by atomic mass is 10.0. The summed E-state index contributed by atoms with van der Waals surface area (Å²) in [5.41, 5.74) is 4.74. The van der Waals surface area contributed by atoms with E-state index in [9.17, 15) is 9.59 Å². The van der Waals surface area contributed by atoms with E-state index in [2.05, 4.69) is 10.3 Å². The van der Waals surface area contributed by atoms with Crippen LogP contribution in [0.4, 0.5) is 5.69 Å². The van der Waals surface area contributed by atoms with Crippen molar-refractivity contribution in [3.8, 4) is 0 Å². The lowest BCUT2D eigenvalue weighted by Crippen LogP contribution is -2.07. The lowest BCUT2D eigenvalue weighted by Gasteiger charge is -2.03. The predicted molar refractivity (Wildman–Crippen MR) is 97.3 cm³/mol. The van der Waals surface area contributed by atoms with Gasteiger partial charge in [-0.3, -0.25) is 4.79 Å². The van der Waals surface area contributed by atoms with Crippen LogP contribution in [-0.4, -0.2) is 17.8 Å². The smallest absolute Gasteiger partial charge is 0.363 e. The van der Waals surface area contributed by atoms with Crippen molar-refractivity contribution in [3.05, 3.63) is 70.4 Å². The second kappa shape index (κ2) is 6.73. The summed E-state index contributed by atoms with van der Waals surface area (Å²) in [5, 5.41) is 2.69. The molecule has 1 heterocycles. The van der Waals surface area contributed by atoms with E-state index in [1.54, 1.807) is 30.3 Å². The van der Waals surface area contributed by atoms with Crippen LogP contribution in [0.25, 0.3) is 6.08 Å². The van der Waals surface area contributed by atoms with E-state index in [1.165, 1.54) is 6.92 Å². The van der Waals surface area contributed by atoms with Crippen LogP contribution in [-0.2, 0) is 14.3 Å². The summed E-state index contributed by atoms with van der Waals surface area (Å²) < 4.78 is 5.28. The summed E-state index contributed by atoms with van der Waals surface area (Å²) in [6, 6.07) is 13.0. The fraction of sp³-hybridized carbons (Fsp3) is 0.150. The number of ether oxygens (including phenoxy) is 1. The predicted octanol–water partition coefficient (Wildman–Crippen LogP) is 3.61. The molecule has 0 fully saturated rings. The van der Waals surface area contributed by atoms with Gasteiger partial charge in [0.2, 0.25) is 11.8 Å². The van der Waals surface area contributed by atoms with Gasteiger partial charge in [0.25, 0.3) is 0 Å². The number of rotatable bonds is 3. The van der Waals surface area contributed by atoms with Crippen molar-refractivity contribution in [2.75, 3.05) is 5.32 Å². The minimum absolute atomic E-state index is 0.142. The third-order valence-corrected chi connectivity index (χ3v) is 3.80. The van der Waals surface area contributed by atoms with E-state index in [0.717, 1.165) is 16.7 Å². The third kappa shape index (κ3) is 3.83. The van der Waals surface area contributed by atoms with Gasteiger partial charge in [0, 0.05) is 18.2 Å². The Morgan fingerprint density at radius 3 is 2.52 bits per heavy atom. The van der Waals surface area contributed by atoms with Crippen molar-refractivity contribution in [3.63, 3.8) is 0 Å². The highest BCUT2D eigenvalue weighted by atomic mass is 16.6. The Morgan fingerprint density at radius 1 is 1.12 bits per heavy atom. The summed E-state index contributed by atoms with van der Waals surface area (Å²) in [5.74, 6) is -0.353. The second-order valence-corrected chi connectivity index (χ2v) is 5.95. The number of carbonyl (C=O) groups is 2. The van der Waals surface area contributed by atoms with Gasteiger partial charge >= 0.3 is 5.97 Å². The van der Waals surface area contributed by atoms with Crippen molar-refractivity contribution >= 4 is 29.5 Å². The molecule has 0 saturated heterocycles. The average molecular weight is 334 g/mol. The monoisotopic (exact) mass is 334 g/mol. The Kier molecular flexibility index (Phi) is 4.48. The van der Waals surface area contributed by atoms with Gasteiger partial charge in [0.1, 0.15) is 0 Å². The minimum atomic E-state index is -0.471. The first-order valence-corrected chi connectivity index (χ1v) is 7.90. The number of nitrogens with one attached hydrogen (secondary N) is 1. The van der Waals surface area contributed by atoms with Gasteiger partial charge in [-0.25, -0.2) is 9.79 Å². The third-order valence-electron chi connectivity index (χ3n) is 3.80. The van der Waals surface area contributed by atoms with E-state index in [-0.39, 0.29) is 17.5 Å². The second-order valence-electron chi connectivity index (χ2n) is 5.95. The molecule has 0 bridgehead atoms. The number of aryl methyl sites for hydroxylation is 2. The van der Waals surface area contributed by atoms with Crippen LogP contribution in [0.3, 0.4) is 0 Å². The molecule has 0 saturated carbocycles. The first kappa shape index (κ1) is 16.6. The molecule has 0 aromatic heterocycles. The summed E-state index contributed by atoms with van der Waals surface area (Å²) in [7, 11) is 0. The molecule has 3 rings (SSSR count). The number of nitrogens with zero attached hydrogens (tertiary/aromatic N) is 1. The van der Waals surface area contributed by atoms with Crippen molar-refractivity contribution in [1.29, 1.82) is 0 Å². The van der Waals surface area contributed by atoms with Gasteiger partial charge in [-0.05, 0) is 55.3 Å². The number of carbonyl (C=O) groups excluding carboxylic acids is 2. The first-order chi connectivity index (χ1) is 11.9. The maximum Gasteiger partial charge on any atom is 0.363 e. The number of benzene rings is 2. The van der Waals surface area contributed by atoms with Gasteiger partial charge in [-0.1, -0.05) is 23.8 Å². The van der Waals surface area contributed by atoms with Crippen LogP contribution < -0.4 is 5.32 Å². The topological polar surface area (TPSA) is 67.8 Å². The Hall–Kier alpha value is -3.21. The molecule has 0 unspecified atom stereocenters. The van der Waals surface area contributed by atoms with E-state index < -0.39 is 5.97 Å². The molecule has 0 aliphatic carbocycles. The largest absolute Gasteiger partial charge is 0.402 e. The maximum absolute atomic E-state index is 12.1. The quantitative estimate of drug-likeness (QED) is 0.689. The number of cyclic esters (lactones) is 1. The number of aliphatic imine (C=N–C) groups is 1. The average Bonchev–Trinajstić information content (AvgIpc) is 2.92. The van der Waals surface area contributed by atoms with Crippen LogP contribution in [0.2, 0.25) is 0 Å². The van der Waals surface area contributed by atoms with Crippen LogP contribution >= 0.6 is 0 Å². The number of hydrogen-bond acceptors (Lipinski definition) is 4. The molecule has 0 spiro atoms. The highest BCUT2D eigenvalue weighted by Crippen LogP contribution is 2.22. The molecule has 126 valence electrons. The molecular weight excluding hydrogens is 316 g/mol. The van der Waals surface area contributed by atoms with Crippen LogP contribution in [0.15, 0.2) is 53.2 Å². The molecule has 1 N–H and O–H groups in total. The maximum atomic E-state index is 12.1. The van der Waals surface area contributed by atoms with Gasteiger partial charge < -0.3 is 10.1 Å². The van der Waals surface area contributed by atoms with Crippen LogP contribution in [0.5, 0.6) is 0 Å². The van der Waals surface area contributed by atoms with Gasteiger partial charge in [0.15, 0.2) is 5.70 Å². The number of anilines is 1. The zero-order valence-corrected chi connectivity index (χ0v) is 14.3. The number of hydrogen-bond donors (Lipinski definition) is 1. The van der Waals surface area contributed by atoms with E-state index >= 15 is 0 Å². The molecule has 1 aliphatic rings. The van der Waals surface area contributed by atoms with E-state index in [4.69, 9.17) is 4.74 Å². The Bertz CT molecular complexity index is 909. The minimum Gasteiger partial charge on any atom is -0.402 e. The summed E-state index contributed by atoms with van der Waals surface area (Å²) in [6.07, 6.45) is 1.74. The molecule has 2 aromatic rings. The van der Waals surface area contributed by atoms with Crippen LogP contribution in [0.1, 0.15) is 29.2 Å². The van der Waals surface area contributed by atoms with Crippen molar-refractivity contribution in [2.24, 2.45) is 4.99 Å². The summed E-state index contributed by atoms with van der Waals surface area (Å²) in [4.78, 5) is 27.5. The van der Waals surface area contributed by atoms with Gasteiger partial charge in [-0.2, -0.15) is 0 Å². The van der Waals surface area contributed by atoms with Crippen LogP contribution in [0, 0.1) is 13.8 Å². The normalized spacial score (nSPS) is 15.1. The molecular formula is C20H18N2O3. The van der Waals surface area contributed by atoms with Crippen molar-refractivity contribution in [2.45, 2.75) is 20.8 Å². The van der Waals surface area contributed by atoms with Crippen molar-refractivity contribution in [1.82, 2.24) is 0 Å². The number of amides is 1. The Labute approximate surface area is 146 Å². The lowest BCUT2D eigenvalue weighted by molar-refractivity contribution is -0.129. The van der Waals surface area contributed by atoms with Crippen molar-refractivity contribution < 1.29 is 14.3 Å². The Balaban J connectivity index is 1.88.